The summed E-state index contributed by atoms with van der Waals surface area (Å²) in [5, 5.41) is 10.0. The summed E-state index contributed by atoms with van der Waals surface area (Å²) in [6.45, 7) is 4.67. The van der Waals surface area contributed by atoms with Crippen LogP contribution in [0.15, 0.2) is 57.9 Å². The first-order valence-electron chi connectivity index (χ1n) is 17.9. The predicted octanol–water partition coefficient (Wildman–Crippen LogP) is 4.62. The number of likely N-dealkylation sites (tertiary alicyclic amines) is 2. The summed E-state index contributed by atoms with van der Waals surface area (Å²) in [6, 6.07) is 13.3. The number of carbonyl (C=O) groups excluding carboxylic acids is 3. The molecule has 0 radical (unpaired) electrons. The quantitative estimate of drug-likeness (QED) is 0.350. The van der Waals surface area contributed by atoms with Crippen LogP contribution in [-0.4, -0.2) is 89.7 Å². The van der Waals surface area contributed by atoms with E-state index < -0.39 is 5.92 Å². The van der Waals surface area contributed by atoms with E-state index in [1.165, 1.54) is 16.3 Å². The number of hydrogen-bond acceptors (Lipinski definition) is 8. The number of piperidine rings is 4. The molecular weight excluding hydrogens is 717 g/mol. The van der Waals surface area contributed by atoms with Crippen LogP contribution in [0.5, 0.6) is 0 Å². The molecule has 3 atom stereocenters. The summed E-state index contributed by atoms with van der Waals surface area (Å²) >= 11 is 3.42. The predicted molar refractivity (Wildman–Crippen MR) is 196 cm³/mol. The Kier molecular flexibility index (Phi) is 10.0. The van der Waals surface area contributed by atoms with Crippen molar-refractivity contribution < 1.29 is 18.8 Å². The molecule has 0 saturated carbocycles. The second kappa shape index (κ2) is 14.5. The molecule has 2 aromatic carbocycles. The first kappa shape index (κ1) is 35.3. The number of carbonyl (C=O) groups is 3. The molecule has 0 aliphatic carbocycles. The lowest BCUT2D eigenvalue weighted by Gasteiger charge is -2.47. The number of aryl methyl sites for hydroxylation is 1. The van der Waals surface area contributed by atoms with Crippen LogP contribution in [0.2, 0.25) is 0 Å². The number of rotatable bonds is 6. The van der Waals surface area contributed by atoms with Crippen molar-refractivity contribution in [1.29, 1.82) is 0 Å². The maximum absolute atomic E-state index is 15.3. The van der Waals surface area contributed by atoms with Gasteiger partial charge in [-0.2, -0.15) is 5.10 Å². The molecule has 4 fully saturated rings. The van der Waals surface area contributed by atoms with E-state index in [-0.39, 0.29) is 52.9 Å². The molecular formula is C38H45BrFN7O4. The standard InChI is InChI=1S/C38H45BrFN7O4/c1-44-22-27(19-28(23-44)42-31-21-41-45(2)37(51)34(31)39)24-3-5-25(6-4-24)36(50)47-17-13-38(14-18-47)11-15-46(16-12-38)32-9-7-26(20-30(32)40)29-8-10-33(48)43-35(29)49/h3-7,9,20-21,27-29,42H,8,10-19,22-23H2,1-2H3,(H,43,48,49)/t27-,28+,29?/m0/s1. The van der Waals surface area contributed by atoms with Crippen LogP contribution in [0, 0.1) is 11.2 Å². The van der Waals surface area contributed by atoms with E-state index in [1.54, 1.807) is 19.3 Å². The largest absolute Gasteiger partial charge is 0.379 e. The monoisotopic (exact) mass is 761 g/mol. The van der Waals surface area contributed by atoms with E-state index in [9.17, 15) is 19.2 Å². The van der Waals surface area contributed by atoms with Gasteiger partial charge in [0, 0.05) is 64.3 Å². The average Bonchev–Trinajstić information content (AvgIpc) is 3.12. The maximum atomic E-state index is 15.3. The zero-order valence-corrected chi connectivity index (χ0v) is 30.8. The number of amides is 3. The number of aromatic nitrogens is 2. The van der Waals surface area contributed by atoms with Gasteiger partial charge in [0.05, 0.1) is 23.5 Å². The number of nitrogens with zero attached hydrogens (tertiary/aromatic N) is 5. The van der Waals surface area contributed by atoms with Gasteiger partial charge >= 0.3 is 0 Å². The van der Waals surface area contributed by atoms with Crippen molar-refractivity contribution in [3.05, 3.63) is 86.0 Å². The van der Waals surface area contributed by atoms with Crippen molar-refractivity contribution in [2.45, 2.75) is 62.8 Å². The first-order chi connectivity index (χ1) is 24.5. The lowest BCUT2D eigenvalue weighted by molar-refractivity contribution is -0.134. The lowest BCUT2D eigenvalue weighted by Crippen LogP contribution is -2.48. The molecule has 4 aliphatic rings. The topological polar surface area (TPSA) is 120 Å². The average molecular weight is 763 g/mol. The molecule has 7 rings (SSSR count). The number of nitrogens with one attached hydrogen (secondary N) is 2. The molecule has 2 N–H and O–H groups in total. The van der Waals surface area contributed by atoms with E-state index in [0.717, 1.165) is 58.3 Å². The van der Waals surface area contributed by atoms with E-state index >= 15 is 4.39 Å². The van der Waals surface area contributed by atoms with Crippen molar-refractivity contribution in [1.82, 2.24) is 24.9 Å². The van der Waals surface area contributed by atoms with Gasteiger partial charge in [-0.15, -0.1) is 0 Å². The van der Waals surface area contributed by atoms with E-state index in [0.29, 0.717) is 46.5 Å². The van der Waals surface area contributed by atoms with Crippen LogP contribution in [0.4, 0.5) is 15.8 Å². The Labute approximate surface area is 305 Å². The van der Waals surface area contributed by atoms with Gasteiger partial charge in [-0.05, 0) is 108 Å². The number of halogens is 2. The lowest BCUT2D eigenvalue weighted by atomic mass is 9.71. The van der Waals surface area contributed by atoms with Crippen molar-refractivity contribution >= 4 is 45.0 Å². The summed E-state index contributed by atoms with van der Waals surface area (Å²) in [7, 11) is 3.73. The van der Waals surface area contributed by atoms with Crippen LogP contribution >= 0.6 is 15.9 Å². The molecule has 51 heavy (non-hydrogen) atoms. The maximum Gasteiger partial charge on any atom is 0.282 e. The molecule has 11 nitrogen and oxygen atoms in total. The molecule has 0 bridgehead atoms. The van der Waals surface area contributed by atoms with Crippen LogP contribution < -0.4 is 21.1 Å². The van der Waals surface area contributed by atoms with Gasteiger partial charge in [0.1, 0.15) is 10.3 Å². The molecule has 1 spiro atoms. The Morgan fingerprint density at radius 2 is 1.65 bits per heavy atom. The summed E-state index contributed by atoms with van der Waals surface area (Å²) in [4.78, 5) is 56.1. The molecule has 13 heteroatoms. The summed E-state index contributed by atoms with van der Waals surface area (Å²) in [6.07, 6.45) is 6.99. The van der Waals surface area contributed by atoms with Crippen LogP contribution in [0.25, 0.3) is 0 Å². The Balaban J connectivity index is 0.912. The van der Waals surface area contributed by atoms with Gasteiger partial charge in [-0.1, -0.05) is 18.2 Å². The molecule has 3 amide bonds. The van der Waals surface area contributed by atoms with Gasteiger partial charge in [-0.25, -0.2) is 9.07 Å². The highest BCUT2D eigenvalue weighted by atomic mass is 79.9. The SMILES string of the molecule is CN1C[C@H](Nc2cnn(C)c(=O)c2Br)C[C@H](c2ccc(C(=O)N3CCC4(CC3)CCN(c3ccc(C5CCC(=O)NC5=O)cc3F)CC4)cc2)C1. The minimum Gasteiger partial charge on any atom is -0.379 e. The minimum atomic E-state index is -0.503. The fraction of sp³-hybridized carbons (Fsp3) is 0.500. The van der Waals surface area contributed by atoms with Gasteiger partial charge < -0.3 is 20.0 Å². The van der Waals surface area contributed by atoms with E-state index in [2.05, 4.69) is 60.6 Å². The fourth-order valence-corrected chi connectivity index (χ4v) is 8.96. The molecule has 5 heterocycles. The van der Waals surface area contributed by atoms with Crippen molar-refractivity contribution in [2.24, 2.45) is 12.5 Å². The highest BCUT2D eigenvalue weighted by Gasteiger charge is 2.39. The number of anilines is 2. The Morgan fingerprint density at radius 1 is 0.961 bits per heavy atom. The summed E-state index contributed by atoms with van der Waals surface area (Å²) < 4.78 is 17.1. The smallest absolute Gasteiger partial charge is 0.282 e. The number of hydrogen-bond donors (Lipinski definition) is 2. The highest BCUT2D eigenvalue weighted by molar-refractivity contribution is 9.10. The third-order valence-electron chi connectivity index (χ3n) is 11.6. The van der Waals surface area contributed by atoms with Crippen molar-refractivity contribution in [3.8, 4) is 0 Å². The van der Waals surface area contributed by atoms with Crippen LogP contribution in [0.1, 0.15) is 78.3 Å². The molecule has 1 unspecified atom stereocenters. The van der Waals surface area contributed by atoms with E-state index in [1.807, 2.05) is 23.1 Å². The second-order valence-corrected chi connectivity index (χ2v) is 15.7. The highest BCUT2D eigenvalue weighted by Crippen LogP contribution is 2.43. The van der Waals surface area contributed by atoms with Crippen molar-refractivity contribution in [3.63, 3.8) is 0 Å². The normalized spacial score (nSPS) is 24.0. The zero-order chi connectivity index (χ0) is 35.9. The Morgan fingerprint density at radius 3 is 2.33 bits per heavy atom. The zero-order valence-electron chi connectivity index (χ0n) is 29.2. The molecule has 3 aromatic rings. The fourth-order valence-electron chi connectivity index (χ4n) is 8.49. The van der Waals surface area contributed by atoms with Gasteiger partial charge in [0.25, 0.3) is 11.5 Å². The van der Waals surface area contributed by atoms with E-state index in [4.69, 9.17) is 0 Å². The number of likely N-dealkylation sites (N-methyl/N-ethyl adjacent to an activating group) is 1. The first-order valence-corrected chi connectivity index (χ1v) is 18.7. The molecule has 4 aliphatic heterocycles. The minimum absolute atomic E-state index is 0.0651. The second-order valence-electron chi connectivity index (χ2n) is 14.9. The van der Waals surface area contributed by atoms with Gasteiger partial charge in [0.2, 0.25) is 11.8 Å². The third kappa shape index (κ3) is 7.46. The Hall–Kier alpha value is -4.10. The number of benzene rings is 2. The number of imide groups is 1. The molecule has 4 saturated heterocycles. The molecule has 1 aromatic heterocycles. The van der Waals surface area contributed by atoms with Crippen molar-refractivity contribution in [2.75, 3.05) is 56.5 Å². The molecule has 270 valence electrons. The van der Waals surface area contributed by atoms with Gasteiger partial charge in [-0.3, -0.25) is 24.5 Å². The Bertz CT molecular complexity index is 1870. The summed E-state index contributed by atoms with van der Waals surface area (Å²) in [5.74, 6) is -1.13. The van der Waals surface area contributed by atoms with Crippen LogP contribution in [-0.2, 0) is 16.6 Å². The van der Waals surface area contributed by atoms with Gasteiger partial charge in [0.15, 0.2) is 0 Å². The summed E-state index contributed by atoms with van der Waals surface area (Å²) in [5.41, 5.74) is 3.72. The third-order valence-corrected chi connectivity index (χ3v) is 12.4. The van der Waals surface area contributed by atoms with Crippen LogP contribution in [0.3, 0.4) is 0 Å².